The molecule has 2 aromatic heterocycles. The summed E-state index contributed by atoms with van der Waals surface area (Å²) >= 11 is 1.74. The van der Waals surface area contributed by atoms with E-state index < -0.39 is 0 Å². The molecule has 0 unspecified atom stereocenters. The van der Waals surface area contributed by atoms with E-state index in [2.05, 4.69) is 30.9 Å². The quantitative estimate of drug-likeness (QED) is 0.500. The van der Waals surface area contributed by atoms with Gasteiger partial charge in [-0.3, -0.25) is 4.79 Å². The van der Waals surface area contributed by atoms with Gasteiger partial charge in [0, 0.05) is 31.6 Å². The number of amides is 1. The monoisotopic (exact) mass is 391 g/mol. The van der Waals surface area contributed by atoms with Crippen molar-refractivity contribution in [2.75, 3.05) is 31.1 Å². The van der Waals surface area contributed by atoms with E-state index in [9.17, 15) is 4.79 Å². The molecule has 1 aliphatic heterocycles. The number of piperazine rings is 1. The highest BCUT2D eigenvalue weighted by Crippen LogP contribution is 2.32. The van der Waals surface area contributed by atoms with Gasteiger partial charge in [-0.05, 0) is 43.2 Å². The lowest BCUT2D eigenvalue weighted by molar-refractivity contribution is 0.0717. The van der Waals surface area contributed by atoms with Crippen molar-refractivity contribution in [1.82, 2.24) is 9.88 Å². The first kappa shape index (κ1) is 17.3. The Bertz CT molecular complexity index is 1150. The zero-order valence-electron chi connectivity index (χ0n) is 15.9. The molecule has 1 saturated heterocycles. The topological polar surface area (TPSA) is 49.6 Å². The highest BCUT2D eigenvalue weighted by molar-refractivity contribution is 7.22. The van der Waals surface area contributed by atoms with Crippen LogP contribution in [0.2, 0.25) is 0 Å². The number of furan rings is 1. The molecule has 0 saturated carbocycles. The minimum absolute atomic E-state index is 0.0355. The minimum atomic E-state index is -0.0355. The summed E-state index contributed by atoms with van der Waals surface area (Å²) in [6.07, 6.45) is 0. The predicted molar refractivity (Wildman–Crippen MR) is 113 cm³/mol. The van der Waals surface area contributed by atoms with E-state index in [1.54, 1.807) is 11.3 Å². The van der Waals surface area contributed by atoms with E-state index in [1.165, 1.54) is 15.8 Å². The first-order valence-electron chi connectivity index (χ1n) is 9.49. The van der Waals surface area contributed by atoms with Gasteiger partial charge in [0.15, 0.2) is 10.9 Å². The fourth-order valence-corrected chi connectivity index (χ4v) is 4.91. The Morgan fingerprint density at radius 2 is 1.86 bits per heavy atom. The summed E-state index contributed by atoms with van der Waals surface area (Å²) in [5.74, 6) is 0.382. The summed E-state index contributed by atoms with van der Waals surface area (Å²) in [4.78, 5) is 21.8. The summed E-state index contributed by atoms with van der Waals surface area (Å²) in [5, 5.41) is 2.00. The fourth-order valence-electron chi connectivity index (χ4n) is 3.84. The Labute approximate surface area is 167 Å². The molecule has 1 amide bonds. The Kier molecular flexibility index (Phi) is 4.09. The van der Waals surface area contributed by atoms with E-state index in [-0.39, 0.29) is 5.91 Å². The second kappa shape index (κ2) is 6.63. The molecule has 1 aliphatic rings. The molecule has 0 radical (unpaired) electrons. The maximum Gasteiger partial charge on any atom is 0.289 e. The molecule has 5 nitrogen and oxygen atoms in total. The molecule has 5 rings (SSSR count). The molecule has 142 valence electrons. The predicted octanol–water partition coefficient (Wildman–Crippen LogP) is 4.62. The van der Waals surface area contributed by atoms with Crippen LogP contribution < -0.4 is 4.90 Å². The fraction of sp³-hybridized carbons (Fsp3) is 0.273. The number of para-hydroxylation sites is 1. The highest BCUT2D eigenvalue weighted by atomic mass is 32.1. The van der Waals surface area contributed by atoms with E-state index in [0.717, 1.165) is 34.7 Å². The number of anilines is 1. The average molecular weight is 391 g/mol. The number of thiazole rings is 1. The molecule has 0 N–H and O–H groups in total. The van der Waals surface area contributed by atoms with Gasteiger partial charge < -0.3 is 14.2 Å². The summed E-state index contributed by atoms with van der Waals surface area (Å²) < 4.78 is 6.99. The number of benzene rings is 2. The minimum Gasteiger partial charge on any atom is -0.451 e. The third-order valence-electron chi connectivity index (χ3n) is 5.28. The van der Waals surface area contributed by atoms with E-state index >= 15 is 0 Å². The first-order chi connectivity index (χ1) is 13.6. The van der Waals surface area contributed by atoms with Gasteiger partial charge >= 0.3 is 0 Å². The number of rotatable bonds is 2. The number of carbonyl (C=O) groups is 1. The van der Waals surface area contributed by atoms with Crippen molar-refractivity contribution in [3.8, 4) is 0 Å². The van der Waals surface area contributed by atoms with Crippen LogP contribution in [-0.4, -0.2) is 42.0 Å². The van der Waals surface area contributed by atoms with Crippen LogP contribution in [0.4, 0.5) is 5.13 Å². The number of hydrogen-bond acceptors (Lipinski definition) is 5. The zero-order chi connectivity index (χ0) is 19.3. The molecule has 4 aromatic rings. The number of aryl methyl sites for hydroxylation is 2. The second-order valence-corrected chi connectivity index (χ2v) is 8.33. The molecule has 3 heterocycles. The normalized spacial score (nSPS) is 14.9. The molecule has 0 bridgehead atoms. The second-order valence-electron chi connectivity index (χ2n) is 7.35. The molecular formula is C22H21N3O2S. The Balaban J connectivity index is 1.32. The smallest absolute Gasteiger partial charge is 0.289 e. The van der Waals surface area contributed by atoms with Crippen LogP contribution in [-0.2, 0) is 0 Å². The third kappa shape index (κ3) is 2.94. The van der Waals surface area contributed by atoms with E-state index in [0.29, 0.717) is 18.8 Å². The van der Waals surface area contributed by atoms with Crippen molar-refractivity contribution in [1.29, 1.82) is 0 Å². The Morgan fingerprint density at radius 1 is 1.07 bits per heavy atom. The number of nitrogens with zero attached hydrogens (tertiary/aromatic N) is 3. The lowest BCUT2D eigenvalue weighted by atomic mass is 10.1. The molecular weight excluding hydrogens is 370 g/mol. The highest BCUT2D eigenvalue weighted by Gasteiger charge is 2.26. The Hall–Kier alpha value is -2.86. The van der Waals surface area contributed by atoms with Gasteiger partial charge in [0.1, 0.15) is 5.58 Å². The van der Waals surface area contributed by atoms with Gasteiger partial charge in [0.25, 0.3) is 5.91 Å². The Morgan fingerprint density at radius 3 is 2.64 bits per heavy atom. The number of hydrogen-bond donors (Lipinski definition) is 0. The first-order valence-corrected chi connectivity index (χ1v) is 10.3. The van der Waals surface area contributed by atoms with Crippen molar-refractivity contribution in [3.05, 3.63) is 59.4 Å². The third-order valence-corrected chi connectivity index (χ3v) is 6.55. The van der Waals surface area contributed by atoms with Crippen LogP contribution in [0.25, 0.3) is 21.2 Å². The largest absolute Gasteiger partial charge is 0.451 e. The molecule has 0 spiro atoms. The molecule has 6 heteroatoms. The van der Waals surface area contributed by atoms with Gasteiger partial charge in [-0.15, -0.1) is 0 Å². The van der Waals surface area contributed by atoms with E-state index in [4.69, 9.17) is 9.40 Å². The van der Waals surface area contributed by atoms with Crippen LogP contribution >= 0.6 is 11.3 Å². The summed E-state index contributed by atoms with van der Waals surface area (Å²) in [5.41, 5.74) is 4.34. The van der Waals surface area contributed by atoms with Crippen LogP contribution in [0.1, 0.15) is 21.7 Å². The van der Waals surface area contributed by atoms with Crippen molar-refractivity contribution in [2.24, 2.45) is 0 Å². The van der Waals surface area contributed by atoms with Gasteiger partial charge in [-0.25, -0.2) is 4.98 Å². The SMILES string of the molecule is Cc1cc(C)c2sc(N3CCN(C(=O)c4cc5ccccc5o4)CC3)nc2c1. The molecule has 1 fully saturated rings. The van der Waals surface area contributed by atoms with Gasteiger partial charge in [0.2, 0.25) is 0 Å². The lowest BCUT2D eigenvalue weighted by Crippen LogP contribution is -2.48. The standard InChI is InChI=1S/C22H21N3O2S/c1-14-11-15(2)20-17(12-14)23-22(28-20)25-9-7-24(8-10-25)21(26)19-13-16-5-3-4-6-18(16)27-19/h3-6,11-13H,7-10H2,1-2H3. The van der Waals surface area contributed by atoms with Crippen molar-refractivity contribution in [2.45, 2.75) is 13.8 Å². The number of aromatic nitrogens is 1. The van der Waals surface area contributed by atoms with Gasteiger partial charge in [-0.1, -0.05) is 35.6 Å². The number of carbonyl (C=O) groups excluding carboxylic acids is 1. The van der Waals surface area contributed by atoms with Gasteiger partial charge in [0.05, 0.1) is 10.2 Å². The van der Waals surface area contributed by atoms with E-state index in [1.807, 2.05) is 35.2 Å². The molecule has 0 aliphatic carbocycles. The van der Waals surface area contributed by atoms with Crippen LogP contribution in [0, 0.1) is 13.8 Å². The van der Waals surface area contributed by atoms with Crippen molar-refractivity contribution < 1.29 is 9.21 Å². The maximum absolute atomic E-state index is 12.8. The summed E-state index contributed by atoms with van der Waals surface area (Å²) in [7, 11) is 0. The average Bonchev–Trinajstić information content (AvgIpc) is 3.32. The van der Waals surface area contributed by atoms with Crippen LogP contribution in [0.3, 0.4) is 0 Å². The molecule has 0 atom stereocenters. The summed E-state index contributed by atoms with van der Waals surface area (Å²) in [6.45, 7) is 7.15. The van der Waals surface area contributed by atoms with Crippen molar-refractivity contribution >= 4 is 43.6 Å². The zero-order valence-corrected chi connectivity index (χ0v) is 16.8. The molecule has 28 heavy (non-hydrogen) atoms. The molecule has 2 aromatic carbocycles. The van der Waals surface area contributed by atoms with Crippen molar-refractivity contribution in [3.63, 3.8) is 0 Å². The van der Waals surface area contributed by atoms with Crippen LogP contribution in [0.5, 0.6) is 0 Å². The lowest BCUT2D eigenvalue weighted by Gasteiger charge is -2.34. The maximum atomic E-state index is 12.8. The van der Waals surface area contributed by atoms with Gasteiger partial charge in [-0.2, -0.15) is 0 Å². The number of fused-ring (bicyclic) bond motifs is 2. The van der Waals surface area contributed by atoms with Crippen LogP contribution in [0.15, 0.2) is 46.9 Å². The summed E-state index contributed by atoms with van der Waals surface area (Å²) in [6, 6.07) is 13.9.